The summed E-state index contributed by atoms with van der Waals surface area (Å²) in [6, 6.07) is 22.6. The number of nitrogens with zero attached hydrogens (tertiary/aromatic N) is 4. The fourth-order valence-corrected chi connectivity index (χ4v) is 4.23. The number of amides is 2. The van der Waals surface area contributed by atoms with Gasteiger partial charge in [0.25, 0.3) is 5.91 Å². The summed E-state index contributed by atoms with van der Waals surface area (Å²) in [7, 11) is 0. The monoisotopic (exact) mass is 488 g/mol. The first-order valence-corrected chi connectivity index (χ1v) is 12.2. The van der Waals surface area contributed by atoms with Crippen molar-refractivity contribution in [2.45, 2.75) is 19.4 Å². The third-order valence-electron chi connectivity index (χ3n) is 6.34. The van der Waals surface area contributed by atoms with Gasteiger partial charge in [0.1, 0.15) is 0 Å². The lowest BCUT2D eigenvalue weighted by Gasteiger charge is -2.11. The third kappa shape index (κ3) is 4.95. The van der Waals surface area contributed by atoms with E-state index in [9.17, 15) is 9.59 Å². The van der Waals surface area contributed by atoms with Crippen LogP contribution < -0.4 is 10.6 Å². The minimum Gasteiger partial charge on any atom is -0.326 e. The van der Waals surface area contributed by atoms with Crippen LogP contribution >= 0.6 is 0 Å². The summed E-state index contributed by atoms with van der Waals surface area (Å²) in [5, 5.41) is 11.1. The van der Waals surface area contributed by atoms with E-state index in [1.807, 2.05) is 54.6 Å². The first kappa shape index (κ1) is 22.6. The van der Waals surface area contributed by atoms with Gasteiger partial charge in [-0.3, -0.25) is 14.6 Å². The molecule has 1 fully saturated rings. The Hall–Kier alpha value is -4.85. The van der Waals surface area contributed by atoms with Gasteiger partial charge in [-0.25, -0.2) is 9.67 Å². The fraction of sp³-hybridized carbons (Fsp3) is 0.138. The van der Waals surface area contributed by atoms with Crippen LogP contribution in [0.25, 0.3) is 22.3 Å². The van der Waals surface area contributed by atoms with Crippen molar-refractivity contribution in [3.63, 3.8) is 0 Å². The standard InChI is InChI=1S/C29H24N6O2/c36-28(21-9-10-21)32-22-7-4-8-23(15-22)33-29(37)24-16-26(20-5-2-1-3-6-20)34-27-25(24)17-31-35(27)18-19-11-13-30-14-12-19/h1-8,11-17,21H,9-10,18H2,(H,32,36)(H,33,37). The fourth-order valence-electron chi connectivity index (χ4n) is 4.23. The van der Waals surface area contributed by atoms with E-state index in [1.54, 1.807) is 41.5 Å². The van der Waals surface area contributed by atoms with Gasteiger partial charge in [0.15, 0.2) is 5.65 Å². The summed E-state index contributed by atoms with van der Waals surface area (Å²) in [5.41, 5.74) is 4.95. The summed E-state index contributed by atoms with van der Waals surface area (Å²) in [5.74, 6) is -0.157. The SMILES string of the molecule is O=C(Nc1cccc(NC(=O)C2CC2)c1)c1cc(-c2ccccc2)nc2c1cnn2Cc1ccncc1. The molecule has 37 heavy (non-hydrogen) atoms. The molecule has 1 aliphatic carbocycles. The van der Waals surface area contributed by atoms with E-state index in [0.717, 1.165) is 24.0 Å². The summed E-state index contributed by atoms with van der Waals surface area (Å²) in [4.78, 5) is 34.7. The Morgan fingerprint density at radius 3 is 2.41 bits per heavy atom. The smallest absolute Gasteiger partial charge is 0.256 e. The number of carbonyl (C=O) groups excluding carboxylic acids is 2. The number of anilines is 2. The number of benzene rings is 2. The molecule has 5 aromatic rings. The normalized spacial score (nSPS) is 12.9. The van der Waals surface area contributed by atoms with Crippen molar-refractivity contribution in [1.82, 2.24) is 19.7 Å². The molecular formula is C29H24N6O2. The molecule has 182 valence electrons. The molecule has 3 heterocycles. The number of pyridine rings is 2. The molecule has 0 atom stereocenters. The molecule has 0 saturated heterocycles. The molecule has 1 saturated carbocycles. The van der Waals surface area contributed by atoms with Crippen LogP contribution in [0.2, 0.25) is 0 Å². The molecule has 8 nitrogen and oxygen atoms in total. The van der Waals surface area contributed by atoms with Gasteiger partial charge < -0.3 is 10.6 Å². The Kier molecular flexibility index (Phi) is 5.90. The largest absolute Gasteiger partial charge is 0.326 e. The molecule has 2 aromatic carbocycles. The van der Waals surface area contributed by atoms with Crippen LogP contribution in [0.1, 0.15) is 28.8 Å². The Bertz CT molecular complexity index is 1590. The van der Waals surface area contributed by atoms with Crippen molar-refractivity contribution in [3.05, 3.63) is 103 Å². The van der Waals surface area contributed by atoms with Gasteiger partial charge >= 0.3 is 0 Å². The zero-order valence-corrected chi connectivity index (χ0v) is 20.0. The van der Waals surface area contributed by atoms with Gasteiger partial charge in [-0.1, -0.05) is 36.4 Å². The maximum Gasteiger partial charge on any atom is 0.256 e. The number of carbonyl (C=O) groups is 2. The zero-order chi connectivity index (χ0) is 25.2. The van der Waals surface area contributed by atoms with Crippen molar-refractivity contribution in [1.29, 1.82) is 0 Å². The lowest BCUT2D eigenvalue weighted by Crippen LogP contribution is -2.15. The number of aromatic nitrogens is 4. The molecule has 3 aromatic heterocycles. The number of hydrogen-bond donors (Lipinski definition) is 2. The lowest BCUT2D eigenvalue weighted by molar-refractivity contribution is -0.117. The van der Waals surface area contributed by atoms with Gasteiger partial charge in [-0.05, 0) is 54.8 Å². The average Bonchev–Trinajstić information content (AvgIpc) is 3.71. The molecule has 8 heteroatoms. The first-order chi connectivity index (χ1) is 18.1. The van der Waals surface area contributed by atoms with Gasteiger partial charge in [0.05, 0.1) is 29.4 Å². The number of rotatable bonds is 7. The minimum atomic E-state index is -0.279. The van der Waals surface area contributed by atoms with Gasteiger partial charge in [0.2, 0.25) is 5.91 Å². The maximum atomic E-state index is 13.6. The number of fused-ring (bicyclic) bond motifs is 1. The maximum absolute atomic E-state index is 13.6. The van der Waals surface area contributed by atoms with Gasteiger partial charge in [-0.2, -0.15) is 5.10 Å². The topological polar surface area (TPSA) is 102 Å². The van der Waals surface area contributed by atoms with Crippen LogP contribution in [-0.4, -0.2) is 31.6 Å². The van der Waals surface area contributed by atoms with E-state index in [1.165, 1.54) is 0 Å². The van der Waals surface area contributed by atoms with E-state index in [-0.39, 0.29) is 17.7 Å². The second-order valence-corrected chi connectivity index (χ2v) is 9.11. The van der Waals surface area contributed by atoms with E-state index < -0.39 is 0 Å². The first-order valence-electron chi connectivity index (χ1n) is 12.2. The van der Waals surface area contributed by atoms with E-state index in [0.29, 0.717) is 40.2 Å². The molecule has 2 N–H and O–H groups in total. The van der Waals surface area contributed by atoms with Crippen molar-refractivity contribution in [3.8, 4) is 11.3 Å². The lowest BCUT2D eigenvalue weighted by atomic mass is 10.1. The molecular weight excluding hydrogens is 464 g/mol. The highest BCUT2D eigenvalue weighted by Gasteiger charge is 2.29. The number of hydrogen-bond acceptors (Lipinski definition) is 5. The average molecular weight is 489 g/mol. The molecule has 0 bridgehead atoms. The second kappa shape index (κ2) is 9.66. The summed E-state index contributed by atoms with van der Waals surface area (Å²) in [6.45, 7) is 0.501. The van der Waals surface area contributed by atoms with Crippen molar-refractivity contribution in [2.24, 2.45) is 5.92 Å². The highest BCUT2D eigenvalue weighted by atomic mass is 16.2. The van der Waals surface area contributed by atoms with Crippen molar-refractivity contribution in [2.75, 3.05) is 10.6 Å². The Labute approximate surface area is 213 Å². The van der Waals surface area contributed by atoms with Crippen LogP contribution in [0.3, 0.4) is 0 Å². The van der Waals surface area contributed by atoms with E-state index in [2.05, 4.69) is 20.7 Å². The summed E-state index contributed by atoms with van der Waals surface area (Å²) < 4.78 is 1.79. The second-order valence-electron chi connectivity index (χ2n) is 9.11. The zero-order valence-electron chi connectivity index (χ0n) is 20.0. The molecule has 2 amide bonds. The Morgan fingerprint density at radius 2 is 1.65 bits per heavy atom. The predicted octanol–water partition coefficient (Wildman–Crippen LogP) is 5.14. The molecule has 1 aliphatic rings. The third-order valence-corrected chi connectivity index (χ3v) is 6.34. The molecule has 0 radical (unpaired) electrons. The van der Waals surface area contributed by atoms with Crippen LogP contribution in [0, 0.1) is 5.92 Å². The van der Waals surface area contributed by atoms with E-state index in [4.69, 9.17) is 4.98 Å². The molecule has 0 spiro atoms. The molecule has 0 unspecified atom stereocenters. The predicted molar refractivity (Wildman–Crippen MR) is 142 cm³/mol. The number of nitrogens with one attached hydrogen (secondary N) is 2. The Balaban J connectivity index is 1.35. The van der Waals surface area contributed by atoms with E-state index >= 15 is 0 Å². The quantitative estimate of drug-likeness (QED) is 0.330. The van der Waals surface area contributed by atoms with Crippen LogP contribution in [0.15, 0.2) is 91.4 Å². The minimum absolute atomic E-state index is 0.0217. The van der Waals surface area contributed by atoms with Gasteiger partial charge in [0, 0.05) is 35.2 Å². The molecule has 6 rings (SSSR count). The Morgan fingerprint density at radius 1 is 0.892 bits per heavy atom. The highest BCUT2D eigenvalue weighted by Crippen LogP contribution is 2.31. The molecule has 0 aliphatic heterocycles. The van der Waals surface area contributed by atoms with Gasteiger partial charge in [-0.15, -0.1) is 0 Å². The highest BCUT2D eigenvalue weighted by molar-refractivity contribution is 6.12. The van der Waals surface area contributed by atoms with Crippen LogP contribution in [-0.2, 0) is 11.3 Å². The van der Waals surface area contributed by atoms with Crippen molar-refractivity contribution < 1.29 is 9.59 Å². The summed E-state index contributed by atoms with van der Waals surface area (Å²) in [6.07, 6.45) is 7.02. The summed E-state index contributed by atoms with van der Waals surface area (Å²) >= 11 is 0. The van der Waals surface area contributed by atoms with Crippen molar-refractivity contribution >= 4 is 34.2 Å². The van der Waals surface area contributed by atoms with Crippen LogP contribution in [0.5, 0.6) is 0 Å². The van der Waals surface area contributed by atoms with Crippen LogP contribution in [0.4, 0.5) is 11.4 Å².